The van der Waals surface area contributed by atoms with Gasteiger partial charge in [0.1, 0.15) is 29.6 Å². The van der Waals surface area contributed by atoms with E-state index < -0.39 is 132 Å². The van der Waals surface area contributed by atoms with E-state index in [1.54, 1.807) is 60.7 Å². The van der Waals surface area contributed by atoms with Gasteiger partial charge in [-0.25, -0.2) is 19.0 Å². The second-order valence-electron chi connectivity index (χ2n) is 16.8. The van der Waals surface area contributed by atoms with Gasteiger partial charge in [0.15, 0.2) is 12.0 Å². The van der Waals surface area contributed by atoms with Crippen LogP contribution in [0.15, 0.2) is 70.8 Å². The van der Waals surface area contributed by atoms with Crippen LogP contribution in [0.4, 0.5) is 4.79 Å². The van der Waals surface area contributed by atoms with Gasteiger partial charge in [0.05, 0.1) is 25.6 Å². The molecule has 26 heteroatoms. The molecule has 1 aliphatic rings. The van der Waals surface area contributed by atoms with Crippen molar-refractivity contribution in [2.45, 2.75) is 107 Å². The predicted molar refractivity (Wildman–Crippen MR) is 253 cm³/mol. The Morgan fingerprint density at radius 2 is 1.40 bits per heavy atom. The number of amides is 5. The van der Waals surface area contributed by atoms with Crippen molar-refractivity contribution in [2.75, 3.05) is 13.2 Å². The number of benzene rings is 2. The van der Waals surface area contributed by atoms with Gasteiger partial charge in [-0.2, -0.15) is 0 Å². The molecule has 0 aliphatic carbocycles. The Labute approximate surface area is 419 Å². The van der Waals surface area contributed by atoms with Crippen molar-refractivity contribution in [1.82, 2.24) is 36.1 Å². The number of carboxylic acids is 4. The molecule has 5 amide bonds. The van der Waals surface area contributed by atoms with Gasteiger partial charge in [0.25, 0.3) is 12.4 Å². The number of unbranched alkanes of at least 4 members (excludes halogenated alkanes) is 1. The highest BCUT2D eigenvalue weighted by Crippen LogP contribution is 2.19. The summed E-state index contributed by atoms with van der Waals surface area (Å²) in [5, 5.41) is 50.9. The maximum Gasteiger partial charge on any atom is 0.353 e. The molecule has 0 spiro atoms. The molecule has 1 fully saturated rings. The largest absolute Gasteiger partial charge is 0.481 e. The number of nitrogens with zero attached hydrogens (tertiary/aromatic N) is 2. The Bertz CT molecular complexity index is 2550. The summed E-state index contributed by atoms with van der Waals surface area (Å²) in [5.41, 5.74) is 0.655. The van der Waals surface area contributed by atoms with Crippen LogP contribution in [0.3, 0.4) is 0 Å². The van der Waals surface area contributed by atoms with E-state index in [2.05, 4.69) is 31.3 Å². The number of Topliss-reactive ketones (excluding diaryl/α,β-unsaturated/α-hetero) is 2. The molecular weight excluding hydrogens is 983 g/mol. The molecule has 6 atom stereocenters. The van der Waals surface area contributed by atoms with E-state index in [0.717, 1.165) is 10.3 Å². The molecule has 1 aliphatic heterocycles. The number of rotatable bonds is 32. The topological polar surface area (TPSA) is 380 Å². The lowest BCUT2D eigenvalue weighted by molar-refractivity contribution is -0.141. The summed E-state index contributed by atoms with van der Waals surface area (Å²) < 4.78 is 4.91. The van der Waals surface area contributed by atoms with Crippen molar-refractivity contribution < 1.29 is 82.7 Å². The van der Waals surface area contributed by atoms with Crippen molar-refractivity contribution >= 4 is 82.9 Å². The first-order chi connectivity index (χ1) is 34.8. The Balaban J connectivity index is 1.37. The normalized spacial score (nSPS) is 15.1. The Morgan fingerprint density at radius 1 is 0.753 bits per heavy atom. The second kappa shape index (κ2) is 28.7. The number of urea groups is 1. The van der Waals surface area contributed by atoms with Crippen molar-refractivity contribution in [3.05, 3.63) is 92.5 Å². The Morgan fingerprint density at radius 3 is 2.00 bits per heavy atom. The molecule has 0 bridgehead atoms. The number of ether oxygens (including phenoxy) is 1. The van der Waals surface area contributed by atoms with Crippen molar-refractivity contribution in [3.63, 3.8) is 0 Å². The smallest absolute Gasteiger partial charge is 0.353 e. The molecular formula is C47H55N7O18S. The van der Waals surface area contributed by atoms with Crippen LogP contribution in [0.25, 0.3) is 0 Å². The number of carbonyl (C=O) groups is 12. The van der Waals surface area contributed by atoms with Gasteiger partial charge in [0.2, 0.25) is 17.7 Å². The molecule has 1 aromatic heterocycles. The zero-order valence-electron chi connectivity index (χ0n) is 39.1. The summed E-state index contributed by atoms with van der Waals surface area (Å²) in [6.07, 6.45) is -3.72. The third-order valence-electron chi connectivity index (χ3n) is 11.4. The van der Waals surface area contributed by atoms with Gasteiger partial charge in [-0.15, -0.1) is 0 Å². The van der Waals surface area contributed by atoms with E-state index >= 15 is 0 Å². The highest BCUT2D eigenvalue weighted by atomic mass is 32.1. The molecule has 25 nitrogen and oxygen atoms in total. The summed E-state index contributed by atoms with van der Waals surface area (Å²) in [6, 6.07) is 10.7. The third kappa shape index (κ3) is 18.5. The van der Waals surface area contributed by atoms with Crippen LogP contribution >= 0.6 is 11.3 Å². The maximum absolute atomic E-state index is 14.2. The standard InChI is InChI=1S/C47H55N7O18S/c55-26-72-38(17-18-39(59)60)52-46(70)51-31(44(66)67)16-15-30(56)13-7-8-14-37(58)50-32(20-28-11-5-2-6-12-28)36(57)21-29(19-27-9-3-1-4-10-27)41(63)48-23-33-42(64)53(25-49-33)34(22-40(61)62)43(65)54-35(45(68)69)24-73-47(54)71/h1-6,9-12,24,26,29,31-34,38,49H,7-8,13-23,25H2,(H,48,63)(H,50,58)(H,59,60)(H,61,62)(H,66,67)(H,68,69)(H2,51,52,70)/t29-,31+,32+,33+,34?,38-/m1/s1. The van der Waals surface area contributed by atoms with Gasteiger partial charge in [0, 0.05) is 49.9 Å². The van der Waals surface area contributed by atoms with E-state index in [9.17, 15) is 77.6 Å². The number of aromatic carboxylic acids is 1. The van der Waals surface area contributed by atoms with Gasteiger partial charge in [-0.1, -0.05) is 72.0 Å². The Hall–Kier alpha value is -8.13. The average molecular weight is 1040 g/mol. The minimum atomic E-state index is -1.80. The summed E-state index contributed by atoms with van der Waals surface area (Å²) in [5.74, 6) is -11.1. The fourth-order valence-electron chi connectivity index (χ4n) is 7.69. The zero-order valence-corrected chi connectivity index (χ0v) is 39.9. The maximum atomic E-state index is 14.2. The number of nitrogens with one attached hydrogen (secondary N) is 5. The van der Waals surface area contributed by atoms with Crippen LogP contribution in [0.5, 0.6) is 0 Å². The number of aromatic nitrogens is 1. The SMILES string of the molecule is O=CO[C@H](CCC(=O)O)NC(=O)N[C@@H](CCC(=O)CCCCC(=O)N[C@@H](Cc1ccccc1)C(=O)C[C@@H](Cc1ccccc1)C(=O)NC[C@@H]1NCN(C(CC(=O)O)C(=O)n2c(C(=O)O)csc2=O)C1=O)C(=O)O. The molecule has 392 valence electrons. The minimum absolute atomic E-state index is 0.0129. The molecule has 1 saturated heterocycles. The number of thiazole rings is 1. The van der Waals surface area contributed by atoms with Crippen LogP contribution in [-0.4, -0.2) is 145 Å². The number of hydrogen-bond donors (Lipinski definition) is 9. The minimum Gasteiger partial charge on any atom is -0.481 e. The van der Waals surface area contributed by atoms with E-state index in [4.69, 9.17) is 5.11 Å². The highest BCUT2D eigenvalue weighted by molar-refractivity contribution is 7.07. The van der Waals surface area contributed by atoms with Gasteiger partial charge in [-0.05, 0) is 43.2 Å². The lowest BCUT2D eigenvalue weighted by Crippen LogP contribution is -2.50. The Kier molecular flexibility index (Phi) is 22.5. The van der Waals surface area contributed by atoms with Crippen LogP contribution in [0.2, 0.25) is 0 Å². The van der Waals surface area contributed by atoms with Crippen molar-refractivity contribution in [2.24, 2.45) is 5.92 Å². The van der Waals surface area contributed by atoms with E-state index in [0.29, 0.717) is 27.0 Å². The molecule has 2 aromatic carbocycles. The van der Waals surface area contributed by atoms with E-state index in [-0.39, 0.29) is 76.5 Å². The van der Waals surface area contributed by atoms with Crippen LogP contribution < -0.4 is 31.5 Å². The first-order valence-electron chi connectivity index (χ1n) is 22.8. The van der Waals surface area contributed by atoms with Crippen LogP contribution in [-0.2, 0) is 60.7 Å². The third-order valence-corrected chi connectivity index (χ3v) is 12.2. The number of hydrogen-bond acceptors (Lipinski definition) is 16. The predicted octanol–water partition coefficient (Wildman–Crippen LogP) is 0.537. The monoisotopic (exact) mass is 1040 g/mol. The molecule has 0 saturated carbocycles. The first kappa shape index (κ1) is 57.4. The lowest BCUT2D eigenvalue weighted by Gasteiger charge is -2.25. The van der Waals surface area contributed by atoms with E-state index in [1.165, 1.54) is 0 Å². The summed E-state index contributed by atoms with van der Waals surface area (Å²) >= 11 is 0.400. The number of aliphatic carboxylic acids is 3. The van der Waals surface area contributed by atoms with Gasteiger partial charge in [-0.3, -0.25) is 53.3 Å². The fraction of sp³-hybridized carbons (Fsp3) is 0.426. The molecule has 1 unspecified atom stereocenters. The molecule has 3 aromatic rings. The number of carbonyl (C=O) groups excluding carboxylic acids is 8. The fourth-order valence-corrected chi connectivity index (χ4v) is 8.41. The molecule has 73 heavy (non-hydrogen) atoms. The lowest BCUT2D eigenvalue weighted by atomic mass is 9.89. The number of ketones is 2. The van der Waals surface area contributed by atoms with Crippen molar-refractivity contribution in [1.29, 1.82) is 0 Å². The molecule has 0 radical (unpaired) electrons. The van der Waals surface area contributed by atoms with E-state index in [1.807, 2.05) is 0 Å². The van der Waals surface area contributed by atoms with Gasteiger partial charge < -0.3 is 51.3 Å². The first-order valence-corrected chi connectivity index (χ1v) is 23.7. The molecule has 4 rings (SSSR count). The highest BCUT2D eigenvalue weighted by Gasteiger charge is 2.42. The van der Waals surface area contributed by atoms with Crippen molar-refractivity contribution in [3.8, 4) is 0 Å². The average Bonchev–Trinajstić information content (AvgIpc) is 3.92. The second-order valence-corrected chi connectivity index (χ2v) is 17.6. The quantitative estimate of drug-likeness (QED) is 0.0234. The molecule has 2 heterocycles. The number of carboxylic acid groups (broad SMARTS) is 4. The van der Waals surface area contributed by atoms with Crippen LogP contribution in [0, 0.1) is 5.92 Å². The molecule has 9 N–H and O–H groups in total. The summed E-state index contributed by atoms with van der Waals surface area (Å²) in [4.78, 5) is 163. The zero-order chi connectivity index (χ0) is 53.6. The van der Waals surface area contributed by atoms with Crippen LogP contribution in [0.1, 0.15) is 90.6 Å². The summed E-state index contributed by atoms with van der Waals surface area (Å²) in [6.45, 7) is -0.803. The summed E-state index contributed by atoms with van der Waals surface area (Å²) in [7, 11) is 0. The van der Waals surface area contributed by atoms with Gasteiger partial charge >= 0.3 is 34.8 Å².